The number of carbonyl (C=O) groups is 2. The summed E-state index contributed by atoms with van der Waals surface area (Å²) in [6.45, 7) is -0.161. The third-order valence-corrected chi connectivity index (χ3v) is 5.73. The maximum Gasteiger partial charge on any atom is 0.278 e. The number of rotatable bonds is 7. The minimum Gasteiger partial charge on any atom is -0.497 e. The molecule has 0 saturated heterocycles. The molecule has 1 N–H and O–H groups in total. The van der Waals surface area contributed by atoms with E-state index >= 15 is 0 Å². The Kier molecular flexibility index (Phi) is 5.73. The highest BCUT2D eigenvalue weighted by Gasteiger charge is 2.40. The maximum absolute atomic E-state index is 14.2. The summed E-state index contributed by atoms with van der Waals surface area (Å²) in [5.74, 6) is -0.425. The number of ether oxygens (including phenoxy) is 2. The highest BCUT2D eigenvalue weighted by Crippen LogP contribution is 2.35. The lowest BCUT2D eigenvalue weighted by Gasteiger charge is -2.16. The molecule has 1 aromatic heterocycles. The first-order valence-electron chi connectivity index (χ1n) is 9.39. The van der Waals surface area contributed by atoms with E-state index in [1.54, 1.807) is 48.5 Å². The molecule has 2 aromatic carbocycles. The molecule has 0 unspecified atom stereocenters. The van der Waals surface area contributed by atoms with E-state index in [2.05, 4.69) is 5.32 Å². The fourth-order valence-electron chi connectivity index (χ4n) is 3.31. The van der Waals surface area contributed by atoms with Gasteiger partial charge in [-0.25, -0.2) is 4.39 Å². The molecule has 3 aromatic rings. The van der Waals surface area contributed by atoms with Crippen LogP contribution in [0.2, 0.25) is 0 Å². The first-order chi connectivity index (χ1) is 15.0. The second-order valence-corrected chi connectivity index (χ2v) is 7.69. The summed E-state index contributed by atoms with van der Waals surface area (Å²) >= 11 is 1.35. The Morgan fingerprint density at radius 1 is 0.968 bits per heavy atom. The first-order valence-corrected chi connectivity index (χ1v) is 10.3. The number of nitrogens with zero attached hydrogens (tertiary/aromatic N) is 1. The lowest BCUT2D eigenvalue weighted by Crippen LogP contribution is -2.32. The molecule has 0 atom stereocenters. The quantitative estimate of drug-likeness (QED) is 0.557. The van der Waals surface area contributed by atoms with E-state index in [9.17, 15) is 14.0 Å². The third kappa shape index (κ3) is 4.02. The summed E-state index contributed by atoms with van der Waals surface area (Å²) < 4.78 is 24.7. The molecule has 31 heavy (non-hydrogen) atoms. The Balaban J connectivity index is 1.73. The van der Waals surface area contributed by atoms with Crippen molar-refractivity contribution in [3.8, 4) is 11.5 Å². The first kappa shape index (κ1) is 20.6. The molecule has 0 bridgehead atoms. The summed E-state index contributed by atoms with van der Waals surface area (Å²) in [6.07, 6.45) is 0. The zero-order valence-corrected chi connectivity index (χ0v) is 17.7. The zero-order chi connectivity index (χ0) is 22.0. The number of hydrogen-bond acceptors (Lipinski definition) is 6. The fraction of sp³-hybridized carbons (Fsp3) is 0.130. The highest BCUT2D eigenvalue weighted by molar-refractivity contribution is 7.11. The lowest BCUT2D eigenvalue weighted by molar-refractivity contribution is -0.137. The summed E-state index contributed by atoms with van der Waals surface area (Å²) in [4.78, 5) is 28.2. The van der Waals surface area contributed by atoms with Crippen molar-refractivity contribution in [2.45, 2.75) is 6.54 Å². The molecule has 1 aliphatic rings. The molecule has 0 aliphatic carbocycles. The Morgan fingerprint density at radius 3 is 2.29 bits per heavy atom. The maximum atomic E-state index is 14.2. The van der Waals surface area contributed by atoms with Gasteiger partial charge in [-0.1, -0.05) is 24.3 Å². The average molecular weight is 438 g/mol. The predicted molar refractivity (Wildman–Crippen MR) is 116 cm³/mol. The van der Waals surface area contributed by atoms with E-state index in [0.29, 0.717) is 22.1 Å². The van der Waals surface area contributed by atoms with Crippen LogP contribution in [0.1, 0.15) is 10.4 Å². The van der Waals surface area contributed by atoms with Gasteiger partial charge in [0, 0.05) is 34.3 Å². The van der Waals surface area contributed by atoms with Gasteiger partial charge in [0.25, 0.3) is 11.8 Å². The van der Waals surface area contributed by atoms with Crippen LogP contribution < -0.4 is 14.8 Å². The number of methoxy groups -OCH3 is 2. The van der Waals surface area contributed by atoms with E-state index in [1.165, 1.54) is 31.6 Å². The van der Waals surface area contributed by atoms with E-state index < -0.39 is 17.6 Å². The normalized spacial score (nSPS) is 13.7. The Labute approximate surface area is 182 Å². The summed E-state index contributed by atoms with van der Waals surface area (Å²) in [7, 11) is 3.05. The van der Waals surface area contributed by atoms with Crippen molar-refractivity contribution < 1.29 is 23.5 Å². The van der Waals surface area contributed by atoms with Crippen molar-refractivity contribution in [3.05, 3.63) is 81.9 Å². The Bertz CT molecular complexity index is 1150. The zero-order valence-electron chi connectivity index (χ0n) is 16.8. The van der Waals surface area contributed by atoms with E-state index in [0.717, 1.165) is 4.90 Å². The summed E-state index contributed by atoms with van der Waals surface area (Å²) in [5, 5.41) is 4.88. The molecule has 0 fully saturated rings. The molecule has 1 aliphatic heterocycles. The topological polar surface area (TPSA) is 67.9 Å². The van der Waals surface area contributed by atoms with Crippen LogP contribution in [0.4, 0.5) is 10.1 Å². The predicted octanol–water partition coefficient (Wildman–Crippen LogP) is 4.30. The number of carbonyl (C=O) groups excluding carboxylic acids is 2. The second kappa shape index (κ2) is 8.61. The van der Waals surface area contributed by atoms with Gasteiger partial charge in [0.2, 0.25) is 0 Å². The van der Waals surface area contributed by atoms with Gasteiger partial charge in [-0.05, 0) is 17.5 Å². The Hall–Kier alpha value is -3.65. The minimum absolute atomic E-state index is 0.124. The molecular weight excluding hydrogens is 419 g/mol. The van der Waals surface area contributed by atoms with Crippen molar-refractivity contribution in [2.24, 2.45) is 0 Å². The number of nitrogens with one attached hydrogen (secondary N) is 1. The largest absolute Gasteiger partial charge is 0.497 e. The number of benzene rings is 2. The molecule has 158 valence electrons. The SMILES string of the molecule is COc1cc(NC2=C(c3cccs3)C(=O)N(Cc3ccccc3F)C2=O)cc(OC)c1. The van der Waals surface area contributed by atoms with Crippen LogP contribution in [-0.2, 0) is 16.1 Å². The van der Waals surface area contributed by atoms with Crippen LogP contribution in [0, 0.1) is 5.82 Å². The highest BCUT2D eigenvalue weighted by atomic mass is 32.1. The van der Waals surface area contributed by atoms with Crippen LogP contribution in [0.3, 0.4) is 0 Å². The van der Waals surface area contributed by atoms with Gasteiger partial charge in [-0.3, -0.25) is 14.5 Å². The van der Waals surface area contributed by atoms with Crippen LogP contribution in [-0.4, -0.2) is 30.9 Å². The third-order valence-electron chi connectivity index (χ3n) is 4.84. The van der Waals surface area contributed by atoms with E-state index in [4.69, 9.17) is 9.47 Å². The Morgan fingerprint density at radius 2 is 1.68 bits per heavy atom. The van der Waals surface area contributed by atoms with Crippen molar-refractivity contribution in [1.82, 2.24) is 4.90 Å². The van der Waals surface area contributed by atoms with Gasteiger partial charge in [-0.2, -0.15) is 0 Å². The van der Waals surface area contributed by atoms with Crippen LogP contribution in [0.15, 0.2) is 65.7 Å². The number of anilines is 1. The molecule has 0 spiro atoms. The molecule has 6 nitrogen and oxygen atoms in total. The van der Waals surface area contributed by atoms with Crippen molar-refractivity contribution in [3.63, 3.8) is 0 Å². The standard InChI is InChI=1S/C23H19FN2O4S/c1-29-16-10-15(11-17(12-16)30-2)25-21-20(19-8-5-9-31-19)22(27)26(23(21)28)13-14-6-3-4-7-18(14)24/h3-12,25H,13H2,1-2H3. The second-order valence-electron chi connectivity index (χ2n) is 6.74. The summed E-state index contributed by atoms with van der Waals surface area (Å²) in [5.41, 5.74) is 1.16. The van der Waals surface area contributed by atoms with Gasteiger partial charge >= 0.3 is 0 Å². The fourth-order valence-corrected chi connectivity index (χ4v) is 4.07. The molecule has 8 heteroatoms. The lowest BCUT2D eigenvalue weighted by atomic mass is 10.1. The van der Waals surface area contributed by atoms with Crippen molar-refractivity contribution in [2.75, 3.05) is 19.5 Å². The molecule has 0 radical (unpaired) electrons. The van der Waals surface area contributed by atoms with Gasteiger partial charge in [0.1, 0.15) is 23.0 Å². The summed E-state index contributed by atoms with van der Waals surface area (Å²) in [6, 6.07) is 14.7. The number of amides is 2. The number of imide groups is 1. The van der Waals surface area contributed by atoms with E-state index in [-0.39, 0.29) is 23.4 Å². The van der Waals surface area contributed by atoms with Gasteiger partial charge < -0.3 is 14.8 Å². The molecule has 0 saturated carbocycles. The average Bonchev–Trinajstić information content (AvgIpc) is 3.38. The van der Waals surface area contributed by atoms with Crippen molar-refractivity contribution in [1.29, 1.82) is 0 Å². The van der Waals surface area contributed by atoms with Crippen LogP contribution in [0.25, 0.3) is 5.57 Å². The van der Waals surface area contributed by atoms with Crippen LogP contribution >= 0.6 is 11.3 Å². The molecule has 2 heterocycles. The monoisotopic (exact) mass is 438 g/mol. The van der Waals surface area contributed by atoms with Crippen LogP contribution in [0.5, 0.6) is 11.5 Å². The number of thiophene rings is 1. The number of halogens is 1. The molecule has 2 amide bonds. The molecular formula is C23H19FN2O4S. The number of hydrogen-bond donors (Lipinski definition) is 1. The molecule has 4 rings (SSSR count). The van der Waals surface area contributed by atoms with Gasteiger partial charge in [0.15, 0.2) is 0 Å². The van der Waals surface area contributed by atoms with Gasteiger partial charge in [0.05, 0.1) is 26.3 Å². The smallest absolute Gasteiger partial charge is 0.278 e. The van der Waals surface area contributed by atoms with Gasteiger partial charge in [-0.15, -0.1) is 11.3 Å². The van der Waals surface area contributed by atoms with E-state index in [1.807, 2.05) is 5.38 Å². The van der Waals surface area contributed by atoms with Crippen molar-refractivity contribution >= 4 is 34.4 Å². The minimum atomic E-state index is -0.529.